The van der Waals surface area contributed by atoms with Gasteiger partial charge in [0.2, 0.25) is 5.91 Å². The molecule has 130 valence electrons. The van der Waals surface area contributed by atoms with Crippen molar-refractivity contribution >= 4 is 39.2 Å². The molecule has 0 atom stereocenters. The Morgan fingerprint density at radius 2 is 1.96 bits per heavy atom. The Balaban J connectivity index is 2.14. The van der Waals surface area contributed by atoms with E-state index in [1.165, 1.54) is 31.4 Å². The van der Waals surface area contributed by atoms with Crippen LogP contribution in [-0.4, -0.2) is 28.5 Å². The van der Waals surface area contributed by atoms with E-state index in [0.29, 0.717) is 11.3 Å². The number of nitrogens with zero attached hydrogens (tertiary/aromatic N) is 2. The van der Waals surface area contributed by atoms with Crippen LogP contribution in [0.2, 0.25) is 0 Å². The van der Waals surface area contributed by atoms with Crippen LogP contribution >= 0.6 is 15.9 Å². The van der Waals surface area contributed by atoms with E-state index >= 15 is 0 Å². The highest BCUT2D eigenvalue weighted by Gasteiger charge is 2.14. The number of benzene rings is 1. The maximum Gasteiger partial charge on any atom is 0.337 e. The number of nitrogens with one attached hydrogen (secondary N) is 1. The summed E-state index contributed by atoms with van der Waals surface area (Å²) >= 11 is 2.94. The summed E-state index contributed by atoms with van der Waals surface area (Å²) in [5, 5.41) is 13.4. The summed E-state index contributed by atoms with van der Waals surface area (Å²) in [6.07, 6.45) is 0.993. The van der Waals surface area contributed by atoms with Gasteiger partial charge in [-0.15, -0.1) is 0 Å². The van der Waals surface area contributed by atoms with Crippen molar-refractivity contribution in [1.82, 2.24) is 4.57 Å². The number of pyridine rings is 1. The molecule has 1 aromatic heterocycles. The number of carbonyl (C=O) groups is 2. The zero-order valence-electron chi connectivity index (χ0n) is 12.9. The molecule has 25 heavy (non-hydrogen) atoms. The summed E-state index contributed by atoms with van der Waals surface area (Å²) in [7, 11) is 1.26. The minimum absolute atomic E-state index is 0.0167. The van der Waals surface area contributed by atoms with Gasteiger partial charge in [-0.05, 0) is 40.2 Å². The van der Waals surface area contributed by atoms with Gasteiger partial charge in [-0.3, -0.25) is 24.3 Å². The van der Waals surface area contributed by atoms with Crippen LogP contribution in [0, 0.1) is 10.1 Å². The monoisotopic (exact) mass is 409 g/mol. The van der Waals surface area contributed by atoms with Gasteiger partial charge in [0.1, 0.15) is 6.54 Å². The first-order valence-corrected chi connectivity index (χ1v) is 7.63. The quantitative estimate of drug-likeness (QED) is 0.457. The molecule has 0 aliphatic heterocycles. The van der Waals surface area contributed by atoms with Crippen LogP contribution in [0.25, 0.3) is 0 Å². The maximum atomic E-state index is 12.1. The van der Waals surface area contributed by atoms with Gasteiger partial charge in [-0.2, -0.15) is 0 Å². The van der Waals surface area contributed by atoms with Crippen molar-refractivity contribution in [2.45, 2.75) is 6.54 Å². The molecule has 0 aliphatic carbocycles. The van der Waals surface area contributed by atoms with Gasteiger partial charge in [0.15, 0.2) is 0 Å². The van der Waals surface area contributed by atoms with E-state index in [1.54, 1.807) is 0 Å². The molecule has 1 amide bonds. The van der Waals surface area contributed by atoms with Crippen LogP contribution in [0.1, 0.15) is 10.4 Å². The van der Waals surface area contributed by atoms with Gasteiger partial charge in [-0.25, -0.2) is 4.79 Å². The van der Waals surface area contributed by atoms with Crippen molar-refractivity contribution in [1.29, 1.82) is 0 Å². The summed E-state index contributed by atoms with van der Waals surface area (Å²) < 4.78 is 5.48. The van der Waals surface area contributed by atoms with Gasteiger partial charge in [-0.1, -0.05) is 0 Å². The predicted molar refractivity (Wildman–Crippen MR) is 91.5 cm³/mol. The Hall–Kier alpha value is -3.01. The second-order valence-electron chi connectivity index (χ2n) is 4.85. The van der Waals surface area contributed by atoms with Crippen molar-refractivity contribution in [3.8, 4) is 0 Å². The third-order valence-electron chi connectivity index (χ3n) is 3.14. The fourth-order valence-corrected chi connectivity index (χ4v) is 2.43. The first-order chi connectivity index (χ1) is 11.8. The average Bonchev–Trinajstić information content (AvgIpc) is 2.58. The number of methoxy groups -OCH3 is 1. The number of hydrogen-bond acceptors (Lipinski definition) is 6. The summed E-state index contributed by atoms with van der Waals surface area (Å²) in [6.45, 7) is -0.405. The highest BCUT2D eigenvalue weighted by Crippen LogP contribution is 2.15. The number of amides is 1. The highest BCUT2D eigenvalue weighted by molar-refractivity contribution is 9.10. The van der Waals surface area contributed by atoms with Crippen LogP contribution in [-0.2, 0) is 16.1 Å². The maximum absolute atomic E-state index is 12.1. The van der Waals surface area contributed by atoms with E-state index < -0.39 is 28.9 Å². The van der Waals surface area contributed by atoms with Crippen molar-refractivity contribution in [2.75, 3.05) is 12.4 Å². The lowest BCUT2D eigenvalue weighted by molar-refractivity contribution is -0.385. The number of esters is 1. The molecule has 9 nitrogen and oxygen atoms in total. The molecule has 0 fully saturated rings. The van der Waals surface area contributed by atoms with Crippen molar-refractivity contribution in [3.63, 3.8) is 0 Å². The molecule has 2 rings (SSSR count). The zero-order chi connectivity index (χ0) is 18.6. The van der Waals surface area contributed by atoms with E-state index in [-0.39, 0.29) is 10.2 Å². The van der Waals surface area contributed by atoms with Gasteiger partial charge in [0.25, 0.3) is 11.2 Å². The minimum atomic E-state index is -0.663. The molecule has 0 aliphatic rings. The number of ether oxygens (including phenoxy) is 1. The van der Waals surface area contributed by atoms with Crippen molar-refractivity contribution in [3.05, 3.63) is 67.0 Å². The molecule has 0 saturated carbocycles. The number of anilines is 1. The fraction of sp³-hybridized carbons (Fsp3) is 0.133. The Kier molecular flexibility index (Phi) is 5.65. The Bertz CT molecular complexity index is 891. The molecular weight excluding hydrogens is 398 g/mol. The number of nitro groups is 1. The molecule has 2 aromatic rings. The molecule has 1 aromatic carbocycles. The summed E-state index contributed by atoms with van der Waals surface area (Å²) in [4.78, 5) is 45.5. The van der Waals surface area contributed by atoms with E-state index in [9.17, 15) is 24.5 Å². The fourth-order valence-electron chi connectivity index (χ4n) is 1.96. The second kappa shape index (κ2) is 7.71. The van der Waals surface area contributed by atoms with Crippen LogP contribution in [0.4, 0.5) is 11.4 Å². The molecular formula is C15H12BrN3O6. The third kappa shape index (κ3) is 4.51. The van der Waals surface area contributed by atoms with Crippen molar-refractivity contribution < 1.29 is 19.2 Å². The lowest BCUT2D eigenvalue weighted by atomic mass is 10.2. The van der Waals surface area contributed by atoms with Gasteiger partial charge < -0.3 is 10.1 Å². The van der Waals surface area contributed by atoms with Crippen LogP contribution in [0.15, 0.2) is 45.8 Å². The lowest BCUT2D eigenvalue weighted by Crippen LogP contribution is -2.28. The van der Waals surface area contributed by atoms with E-state index in [1.807, 2.05) is 0 Å². The van der Waals surface area contributed by atoms with Gasteiger partial charge in [0, 0.05) is 11.8 Å². The van der Waals surface area contributed by atoms with Crippen molar-refractivity contribution in [2.24, 2.45) is 0 Å². The number of hydrogen-bond donors (Lipinski definition) is 1. The largest absolute Gasteiger partial charge is 0.465 e. The zero-order valence-corrected chi connectivity index (χ0v) is 14.5. The van der Waals surface area contributed by atoms with Crippen LogP contribution < -0.4 is 10.9 Å². The molecule has 0 bridgehead atoms. The molecule has 0 radical (unpaired) electrons. The molecule has 0 unspecified atom stereocenters. The standard InChI is InChI=1S/C15H12BrN3O6/c1-25-15(22)9-2-4-10(5-3-9)17-13(20)8-18-7-11(19(23)24)6-12(16)14(18)21/h2-7H,8H2,1H3,(H,17,20). The topological polar surface area (TPSA) is 121 Å². The normalized spacial score (nSPS) is 10.2. The predicted octanol–water partition coefficient (Wildman–Crippen LogP) is 1.94. The van der Waals surface area contributed by atoms with E-state index in [4.69, 9.17) is 0 Å². The number of carbonyl (C=O) groups excluding carboxylic acids is 2. The SMILES string of the molecule is COC(=O)c1ccc(NC(=O)Cn2cc([N+](=O)[O-])cc(Br)c2=O)cc1. The number of halogens is 1. The molecule has 0 saturated heterocycles. The molecule has 10 heteroatoms. The summed E-state index contributed by atoms with van der Waals surface area (Å²) in [5.41, 5.74) is -0.168. The van der Waals surface area contributed by atoms with Crippen LogP contribution in [0.5, 0.6) is 0 Å². The Morgan fingerprint density at radius 3 is 2.52 bits per heavy atom. The summed E-state index contributed by atoms with van der Waals surface area (Å²) in [5.74, 6) is -1.06. The second-order valence-corrected chi connectivity index (χ2v) is 5.71. The van der Waals surface area contributed by atoms with Crippen LogP contribution in [0.3, 0.4) is 0 Å². The van der Waals surface area contributed by atoms with Gasteiger partial charge in [0.05, 0.1) is 28.3 Å². The number of rotatable bonds is 5. The van der Waals surface area contributed by atoms with E-state index in [2.05, 4.69) is 26.0 Å². The average molecular weight is 410 g/mol. The van der Waals surface area contributed by atoms with Gasteiger partial charge >= 0.3 is 5.97 Å². The Labute approximate surface area is 149 Å². The highest BCUT2D eigenvalue weighted by atomic mass is 79.9. The first-order valence-electron chi connectivity index (χ1n) is 6.84. The smallest absolute Gasteiger partial charge is 0.337 e. The van der Waals surface area contributed by atoms with E-state index in [0.717, 1.165) is 16.8 Å². The molecule has 0 spiro atoms. The minimum Gasteiger partial charge on any atom is -0.465 e. The lowest BCUT2D eigenvalue weighted by Gasteiger charge is -2.08. The molecule has 1 N–H and O–H groups in total. The third-order valence-corrected chi connectivity index (χ3v) is 3.71. The number of aromatic nitrogens is 1. The summed E-state index contributed by atoms with van der Waals surface area (Å²) in [6, 6.07) is 7.00. The molecule has 1 heterocycles. The first kappa shape index (κ1) is 18.3. The Morgan fingerprint density at radius 1 is 1.32 bits per heavy atom.